The second kappa shape index (κ2) is 9.27. The molecule has 1 aromatic heterocycles. The number of carbonyl (C=O) groups excluding carboxylic acids is 2. The molecule has 1 N–H and O–H groups in total. The van der Waals surface area contributed by atoms with Crippen molar-refractivity contribution in [3.05, 3.63) is 47.3 Å². The number of aromatic nitrogens is 1. The third-order valence-corrected chi connectivity index (χ3v) is 4.31. The second-order valence-electron chi connectivity index (χ2n) is 5.99. The average Bonchev–Trinajstić information content (AvgIpc) is 3.01. The molecule has 1 amide bonds. The molecule has 0 fully saturated rings. The summed E-state index contributed by atoms with van der Waals surface area (Å²) in [7, 11) is 0. The van der Waals surface area contributed by atoms with Gasteiger partial charge in [-0.25, -0.2) is 4.79 Å². The second-order valence-corrected chi connectivity index (χ2v) is 7.00. The van der Waals surface area contributed by atoms with Gasteiger partial charge in [-0.1, -0.05) is 31.1 Å². The number of rotatable bonds is 8. The monoisotopic (exact) mass is 362 g/mol. The first kappa shape index (κ1) is 19.1. The molecule has 0 spiro atoms. The molecule has 0 aliphatic heterocycles. The Morgan fingerprint density at radius 1 is 1.32 bits per heavy atom. The minimum Gasteiger partial charge on any atom is -0.452 e. The van der Waals surface area contributed by atoms with Gasteiger partial charge in [0, 0.05) is 23.3 Å². The molecule has 0 bridgehead atoms. The summed E-state index contributed by atoms with van der Waals surface area (Å²) >= 11 is 1.47. The topological polar surface area (TPSA) is 81.4 Å². The van der Waals surface area contributed by atoms with Crippen LogP contribution in [0.3, 0.4) is 0 Å². The maximum absolute atomic E-state index is 12.3. The van der Waals surface area contributed by atoms with Crippen molar-refractivity contribution in [1.29, 1.82) is 0 Å². The summed E-state index contributed by atoms with van der Waals surface area (Å²) < 4.78 is 10.2. The van der Waals surface area contributed by atoms with Crippen molar-refractivity contribution in [3.8, 4) is 0 Å². The van der Waals surface area contributed by atoms with Gasteiger partial charge >= 0.3 is 5.97 Å². The number of ether oxygens (including phenoxy) is 1. The molecule has 7 heteroatoms. The molecule has 2 rings (SSSR count). The summed E-state index contributed by atoms with van der Waals surface area (Å²) in [6.07, 6.45) is 0. The quantitative estimate of drug-likeness (QED) is 0.574. The van der Waals surface area contributed by atoms with Crippen LogP contribution in [-0.2, 0) is 15.3 Å². The Balaban J connectivity index is 1.92. The summed E-state index contributed by atoms with van der Waals surface area (Å²) in [5, 5.41) is 6.65. The van der Waals surface area contributed by atoms with E-state index in [-0.39, 0.29) is 12.5 Å². The van der Waals surface area contributed by atoms with Gasteiger partial charge in [-0.2, -0.15) is 0 Å². The van der Waals surface area contributed by atoms with Crippen LogP contribution in [0.4, 0.5) is 0 Å². The maximum atomic E-state index is 12.3. The van der Waals surface area contributed by atoms with Gasteiger partial charge in [-0.3, -0.25) is 4.79 Å². The minimum absolute atomic E-state index is 0.285. The Bertz CT molecular complexity index is 727. The first-order valence-corrected chi connectivity index (χ1v) is 9.02. The minimum atomic E-state index is -0.515. The highest BCUT2D eigenvalue weighted by Crippen LogP contribution is 2.26. The summed E-state index contributed by atoms with van der Waals surface area (Å²) in [6.45, 7) is 6.09. The third kappa shape index (κ3) is 6.26. The van der Waals surface area contributed by atoms with E-state index in [0.29, 0.717) is 23.8 Å². The lowest BCUT2D eigenvalue weighted by molar-refractivity contribution is -0.124. The average molecular weight is 362 g/mol. The predicted octanol–water partition coefficient (Wildman–Crippen LogP) is 3.20. The van der Waals surface area contributed by atoms with E-state index in [0.717, 1.165) is 16.3 Å². The highest BCUT2D eigenvalue weighted by molar-refractivity contribution is 7.98. The van der Waals surface area contributed by atoms with Gasteiger partial charge < -0.3 is 14.6 Å². The van der Waals surface area contributed by atoms with Crippen molar-refractivity contribution in [2.24, 2.45) is 5.92 Å². The van der Waals surface area contributed by atoms with Crippen LogP contribution in [-0.4, -0.2) is 30.2 Å². The van der Waals surface area contributed by atoms with Crippen LogP contribution in [0.15, 0.2) is 39.8 Å². The maximum Gasteiger partial charge on any atom is 0.339 e. The van der Waals surface area contributed by atoms with Crippen LogP contribution >= 0.6 is 11.8 Å². The van der Waals surface area contributed by atoms with Crippen molar-refractivity contribution in [3.63, 3.8) is 0 Å². The molecule has 1 aromatic carbocycles. The van der Waals surface area contributed by atoms with Gasteiger partial charge in [-0.05, 0) is 25.0 Å². The molecule has 25 heavy (non-hydrogen) atoms. The van der Waals surface area contributed by atoms with E-state index in [2.05, 4.69) is 10.5 Å². The van der Waals surface area contributed by atoms with Crippen LogP contribution < -0.4 is 5.32 Å². The smallest absolute Gasteiger partial charge is 0.339 e. The number of thioether (sulfide) groups is 1. The molecule has 2 aromatic rings. The number of carbonyl (C=O) groups is 2. The molecule has 0 unspecified atom stereocenters. The van der Waals surface area contributed by atoms with Gasteiger partial charge in [0.05, 0.1) is 11.3 Å². The fraction of sp³-hybridized carbons (Fsp3) is 0.389. The molecule has 134 valence electrons. The zero-order valence-corrected chi connectivity index (χ0v) is 15.4. The van der Waals surface area contributed by atoms with E-state index in [4.69, 9.17) is 9.26 Å². The number of nitrogens with one attached hydrogen (secondary N) is 1. The molecular formula is C18H22N2O4S. The molecular weight excluding hydrogens is 340 g/mol. The Hall–Kier alpha value is -2.28. The predicted molar refractivity (Wildman–Crippen MR) is 95.4 cm³/mol. The fourth-order valence-corrected chi connectivity index (χ4v) is 2.90. The van der Waals surface area contributed by atoms with E-state index < -0.39 is 5.97 Å². The molecule has 1 heterocycles. The summed E-state index contributed by atoms with van der Waals surface area (Å²) in [5.41, 5.74) is 1.24. The van der Waals surface area contributed by atoms with Crippen molar-refractivity contribution < 1.29 is 18.8 Å². The van der Waals surface area contributed by atoms with E-state index in [1.54, 1.807) is 12.1 Å². The number of hydrogen-bond donors (Lipinski definition) is 1. The molecule has 0 aliphatic carbocycles. The number of aryl methyl sites for hydroxylation is 1. The van der Waals surface area contributed by atoms with Gasteiger partial charge in [0.1, 0.15) is 5.76 Å². The molecule has 0 radical (unpaired) electrons. The Morgan fingerprint density at radius 2 is 2.08 bits per heavy atom. The summed E-state index contributed by atoms with van der Waals surface area (Å²) in [4.78, 5) is 24.7. The number of amides is 1. The fourth-order valence-electron chi connectivity index (χ4n) is 1.98. The van der Waals surface area contributed by atoms with Crippen LogP contribution in [0.25, 0.3) is 0 Å². The lowest BCUT2D eigenvalue weighted by atomic mass is 10.2. The zero-order chi connectivity index (χ0) is 18.2. The number of benzene rings is 1. The molecule has 6 nitrogen and oxygen atoms in total. The van der Waals surface area contributed by atoms with E-state index in [1.807, 2.05) is 39.0 Å². The first-order valence-electron chi connectivity index (χ1n) is 8.03. The third-order valence-electron chi connectivity index (χ3n) is 3.20. The molecule has 0 saturated heterocycles. The van der Waals surface area contributed by atoms with E-state index >= 15 is 0 Å². The SMILES string of the molecule is Cc1cc(CSc2ccccc2C(=O)OCC(=O)NCC(C)C)no1. The normalized spacial score (nSPS) is 10.7. The Morgan fingerprint density at radius 3 is 2.76 bits per heavy atom. The number of esters is 1. The molecule has 0 atom stereocenters. The summed E-state index contributed by atoms with van der Waals surface area (Å²) in [5.74, 6) is 0.855. The van der Waals surface area contributed by atoms with Crippen molar-refractivity contribution in [2.75, 3.05) is 13.2 Å². The molecule has 0 aliphatic rings. The Labute approximate surface area is 151 Å². The highest BCUT2D eigenvalue weighted by Gasteiger charge is 2.15. The van der Waals surface area contributed by atoms with Gasteiger partial charge in [0.2, 0.25) is 0 Å². The first-order chi connectivity index (χ1) is 12.0. The van der Waals surface area contributed by atoms with Crippen LogP contribution in [0.5, 0.6) is 0 Å². The molecule has 0 saturated carbocycles. The van der Waals surface area contributed by atoms with E-state index in [9.17, 15) is 9.59 Å². The van der Waals surface area contributed by atoms with E-state index in [1.165, 1.54) is 11.8 Å². The number of nitrogens with zero attached hydrogens (tertiary/aromatic N) is 1. The van der Waals surface area contributed by atoms with Gasteiger partial charge in [0.25, 0.3) is 5.91 Å². The van der Waals surface area contributed by atoms with Gasteiger partial charge in [-0.15, -0.1) is 11.8 Å². The number of hydrogen-bond acceptors (Lipinski definition) is 6. The Kier molecular flexibility index (Phi) is 7.06. The summed E-state index contributed by atoms with van der Waals surface area (Å²) in [6, 6.07) is 8.99. The standard InChI is InChI=1S/C18H22N2O4S/c1-12(2)9-19-17(21)10-23-18(22)15-6-4-5-7-16(15)25-11-14-8-13(3)24-20-14/h4-8,12H,9-11H2,1-3H3,(H,19,21). The van der Waals surface area contributed by atoms with Gasteiger partial charge in [0.15, 0.2) is 6.61 Å². The van der Waals surface area contributed by atoms with Crippen LogP contribution in [0, 0.1) is 12.8 Å². The largest absolute Gasteiger partial charge is 0.452 e. The lowest BCUT2D eigenvalue weighted by Gasteiger charge is -2.10. The van der Waals surface area contributed by atoms with Crippen LogP contribution in [0.2, 0.25) is 0 Å². The van der Waals surface area contributed by atoms with Crippen molar-refractivity contribution in [1.82, 2.24) is 10.5 Å². The lowest BCUT2D eigenvalue weighted by Crippen LogP contribution is -2.31. The van der Waals surface area contributed by atoms with Crippen LogP contribution in [0.1, 0.15) is 35.7 Å². The zero-order valence-electron chi connectivity index (χ0n) is 14.6. The van der Waals surface area contributed by atoms with Crippen molar-refractivity contribution >= 4 is 23.6 Å². The van der Waals surface area contributed by atoms with Crippen molar-refractivity contribution in [2.45, 2.75) is 31.4 Å². The highest BCUT2D eigenvalue weighted by atomic mass is 32.2.